The van der Waals surface area contributed by atoms with Gasteiger partial charge in [-0.3, -0.25) is 0 Å². The highest BCUT2D eigenvalue weighted by atomic mass is 16.2. The predicted octanol–water partition coefficient (Wildman–Crippen LogP) is 4.38. The molecule has 7 nitrogen and oxygen atoms in total. The third-order valence-electron chi connectivity index (χ3n) is 4.27. The van der Waals surface area contributed by atoms with Crippen molar-refractivity contribution in [1.29, 1.82) is 0 Å². The zero-order valence-corrected chi connectivity index (χ0v) is 16.9. The minimum Gasteiger partial charge on any atom is -0.352 e. The van der Waals surface area contributed by atoms with E-state index < -0.39 is 0 Å². The van der Waals surface area contributed by atoms with Gasteiger partial charge >= 0.3 is 6.03 Å². The van der Waals surface area contributed by atoms with Crippen LogP contribution in [0, 0.1) is 20.8 Å². The lowest BCUT2D eigenvalue weighted by Gasteiger charge is -2.12. The maximum atomic E-state index is 12.0. The highest BCUT2D eigenvalue weighted by Crippen LogP contribution is 2.17. The Kier molecular flexibility index (Phi) is 6.63. The number of anilines is 4. The van der Waals surface area contributed by atoms with E-state index in [4.69, 9.17) is 0 Å². The first-order chi connectivity index (χ1) is 14.0. The molecule has 0 atom stereocenters. The molecular weight excluding hydrogens is 364 g/mol. The number of para-hydroxylation sites is 1. The van der Waals surface area contributed by atoms with Gasteiger partial charge in [0, 0.05) is 36.2 Å². The van der Waals surface area contributed by atoms with Gasteiger partial charge in [-0.15, -0.1) is 0 Å². The number of aromatic nitrogens is 2. The first-order valence-electron chi connectivity index (χ1n) is 9.53. The summed E-state index contributed by atoms with van der Waals surface area (Å²) in [5, 5.41) is 12.1. The van der Waals surface area contributed by atoms with E-state index in [1.54, 1.807) is 0 Å². The number of nitrogens with one attached hydrogen (secondary N) is 4. The van der Waals surface area contributed by atoms with Gasteiger partial charge in [-0.25, -0.2) is 9.78 Å². The van der Waals surface area contributed by atoms with Crippen LogP contribution in [0.2, 0.25) is 0 Å². The third-order valence-corrected chi connectivity index (χ3v) is 4.27. The number of benzene rings is 2. The van der Waals surface area contributed by atoms with Crippen LogP contribution >= 0.6 is 0 Å². The van der Waals surface area contributed by atoms with E-state index in [9.17, 15) is 4.79 Å². The Balaban J connectivity index is 1.49. The summed E-state index contributed by atoms with van der Waals surface area (Å²) in [7, 11) is 0. The topological polar surface area (TPSA) is 91.0 Å². The Bertz CT molecular complexity index is 971. The molecule has 2 amide bonds. The second kappa shape index (κ2) is 9.54. The van der Waals surface area contributed by atoms with Crippen molar-refractivity contribution in [3.8, 4) is 0 Å². The van der Waals surface area contributed by atoms with Crippen molar-refractivity contribution in [3.05, 3.63) is 71.4 Å². The fourth-order valence-electron chi connectivity index (χ4n) is 2.73. The van der Waals surface area contributed by atoms with E-state index in [2.05, 4.69) is 38.2 Å². The zero-order valence-electron chi connectivity index (χ0n) is 16.9. The minimum absolute atomic E-state index is 0.243. The molecule has 0 aliphatic heterocycles. The molecule has 0 saturated heterocycles. The lowest BCUT2D eigenvalue weighted by molar-refractivity contribution is 0.252. The summed E-state index contributed by atoms with van der Waals surface area (Å²) in [5.41, 5.74) is 4.83. The number of hydrogen-bond donors (Lipinski definition) is 4. The minimum atomic E-state index is -0.243. The molecule has 7 heteroatoms. The van der Waals surface area contributed by atoms with Gasteiger partial charge in [0.2, 0.25) is 5.95 Å². The first-order valence-corrected chi connectivity index (χ1v) is 9.53. The van der Waals surface area contributed by atoms with Crippen molar-refractivity contribution in [1.82, 2.24) is 15.3 Å². The fraction of sp³-hybridized carbons (Fsp3) is 0.227. The SMILES string of the molecule is Cc1ccc(Nc2cc(C)nc(NCCNC(=O)Nc3ccccc3C)n2)cc1. The molecule has 0 bridgehead atoms. The van der Waals surface area contributed by atoms with Crippen molar-refractivity contribution in [2.24, 2.45) is 0 Å². The Hall–Kier alpha value is -3.61. The van der Waals surface area contributed by atoms with E-state index >= 15 is 0 Å². The average molecular weight is 390 g/mol. The number of hydrogen-bond acceptors (Lipinski definition) is 5. The lowest BCUT2D eigenvalue weighted by atomic mass is 10.2. The molecule has 2 aromatic carbocycles. The molecule has 0 aliphatic carbocycles. The molecule has 0 radical (unpaired) electrons. The smallest absolute Gasteiger partial charge is 0.319 e. The standard InChI is InChI=1S/C22H26N6O/c1-15-8-10-18(11-9-15)26-20-14-17(3)25-21(28-20)23-12-13-24-22(29)27-19-7-5-4-6-16(19)2/h4-11,14H,12-13H2,1-3H3,(H2,24,27,29)(H2,23,25,26,28). The monoisotopic (exact) mass is 390 g/mol. The molecule has 1 heterocycles. The second-order valence-electron chi connectivity index (χ2n) is 6.83. The molecule has 0 aliphatic rings. The quantitative estimate of drug-likeness (QED) is 0.450. The van der Waals surface area contributed by atoms with Gasteiger partial charge in [0.05, 0.1) is 0 Å². The van der Waals surface area contributed by atoms with Gasteiger partial charge < -0.3 is 21.3 Å². The molecule has 29 heavy (non-hydrogen) atoms. The number of aryl methyl sites for hydroxylation is 3. The predicted molar refractivity (Wildman–Crippen MR) is 118 cm³/mol. The van der Waals surface area contributed by atoms with E-state index in [0.717, 1.165) is 22.6 Å². The molecule has 0 unspecified atom stereocenters. The average Bonchev–Trinajstić information content (AvgIpc) is 2.68. The normalized spacial score (nSPS) is 10.3. The van der Waals surface area contributed by atoms with Crippen LogP contribution in [-0.2, 0) is 0 Å². The summed E-state index contributed by atoms with van der Waals surface area (Å²) in [6, 6.07) is 17.4. The van der Waals surface area contributed by atoms with Crippen molar-refractivity contribution in [2.45, 2.75) is 20.8 Å². The summed E-state index contributed by atoms with van der Waals surface area (Å²) in [5.74, 6) is 1.23. The number of nitrogens with zero attached hydrogens (tertiary/aromatic N) is 2. The summed E-state index contributed by atoms with van der Waals surface area (Å²) < 4.78 is 0. The van der Waals surface area contributed by atoms with Crippen LogP contribution in [0.5, 0.6) is 0 Å². The fourth-order valence-corrected chi connectivity index (χ4v) is 2.73. The Morgan fingerprint density at radius 1 is 0.931 bits per heavy atom. The molecule has 0 saturated carbocycles. The zero-order chi connectivity index (χ0) is 20.6. The van der Waals surface area contributed by atoms with Crippen LogP contribution in [-0.4, -0.2) is 29.1 Å². The maximum Gasteiger partial charge on any atom is 0.319 e. The van der Waals surface area contributed by atoms with Crippen molar-refractivity contribution in [3.63, 3.8) is 0 Å². The molecule has 3 rings (SSSR count). The number of amides is 2. The highest BCUT2D eigenvalue weighted by molar-refractivity contribution is 5.90. The van der Waals surface area contributed by atoms with E-state index in [0.29, 0.717) is 24.9 Å². The molecule has 1 aromatic heterocycles. The van der Waals surface area contributed by atoms with Gasteiger partial charge in [0.1, 0.15) is 5.82 Å². The summed E-state index contributed by atoms with van der Waals surface area (Å²) >= 11 is 0. The Morgan fingerprint density at radius 3 is 2.45 bits per heavy atom. The van der Waals surface area contributed by atoms with Crippen molar-refractivity contribution < 1.29 is 4.79 Å². The van der Waals surface area contributed by atoms with Gasteiger partial charge in [-0.2, -0.15) is 4.98 Å². The van der Waals surface area contributed by atoms with Gasteiger partial charge in [0.25, 0.3) is 0 Å². The summed E-state index contributed by atoms with van der Waals surface area (Å²) in [6.07, 6.45) is 0. The van der Waals surface area contributed by atoms with Crippen LogP contribution in [0.4, 0.5) is 27.9 Å². The van der Waals surface area contributed by atoms with E-state index in [-0.39, 0.29) is 6.03 Å². The summed E-state index contributed by atoms with van der Waals surface area (Å²) in [6.45, 7) is 6.87. The largest absolute Gasteiger partial charge is 0.352 e. The van der Waals surface area contributed by atoms with Crippen LogP contribution < -0.4 is 21.3 Å². The van der Waals surface area contributed by atoms with E-state index in [1.807, 2.05) is 68.4 Å². The third kappa shape index (κ3) is 6.21. The van der Waals surface area contributed by atoms with Crippen LogP contribution in [0.3, 0.4) is 0 Å². The highest BCUT2D eigenvalue weighted by Gasteiger charge is 2.05. The molecule has 0 spiro atoms. The number of rotatable bonds is 7. The molecule has 4 N–H and O–H groups in total. The van der Waals surface area contributed by atoms with Crippen LogP contribution in [0.1, 0.15) is 16.8 Å². The van der Waals surface area contributed by atoms with Gasteiger partial charge in [0.15, 0.2) is 0 Å². The van der Waals surface area contributed by atoms with Crippen molar-refractivity contribution >= 4 is 29.2 Å². The molecule has 3 aromatic rings. The Morgan fingerprint density at radius 2 is 1.69 bits per heavy atom. The molecule has 0 fully saturated rings. The van der Waals surface area contributed by atoms with Gasteiger partial charge in [-0.05, 0) is 44.5 Å². The van der Waals surface area contributed by atoms with Gasteiger partial charge in [-0.1, -0.05) is 35.9 Å². The van der Waals surface area contributed by atoms with Crippen molar-refractivity contribution in [2.75, 3.05) is 29.0 Å². The van der Waals surface area contributed by atoms with E-state index in [1.165, 1.54) is 5.56 Å². The summed E-state index contributed by atoms with van der Waals surface area (Å²) in [4.78, 5) is 20.9. The van der Waals surface area contributed by atoms with Crippen LogP contribution in [0.15, 0.2) is 54.6 Å². The lowest BCUT2D eigenvalue weighted by Crippen LogP contribution is -2.33. The second-order valence-corrected chi connectivity index (χ2v) is 6.83. The molecular formula is C22H26N6O. The Labute approximate surface area is 171 Å². The molecule has 150 valence electrons. The van der Waals surface area contributed by atoms with Crippen LogP contribution in [0.25, 0.3) is 0 Å². The maximum absolute atomic E-state index is 12.0. The number of carbonyl (C=O) groups excluding carboxylic acids is 1. The number of carbonyl (C=O) groups is 1. The number of urea groups is 1. The first kappa shape index (κ1) is 20.1.